The van der Waals surface area contributed by atoms with E-state index >= 15 is 0 Å². The fourth-order valence-corrected chi connectivity index (χ4v) is 13.1. The number of hydrogen-bond acceptors (Lipinski definition) is 15. The summed E-state index contributed by atoms with van der Waals surface area (Å²) < 4.78 is 31.3. The van der Waals surface area contributed by atoms with Gasteiger partial charge in [-0.15, -0.1) is 0 Å². The van der Waals surface area contributed by atoms with E-state index in [9.17, 15) is 44.7 Å². The van der Waals surface area contributed by atoms with Crippen molar-refractivity contribution < 1.29 is 68.4 Å². The predicted octanol–water partition coefficient (Wildman–Crippen LogP) is 1.61. The second-order valence-electron chi connectivity index (χ2n) is 19.2. The first-order valence-corrected chi connectivity index (χ1v) is 20.7. The van der Waals surface area contributed by atoms with Crippen molar-refractivity contribution in [1.29, 1.82) is 0 Å². The van der Waals surface area contributed by atoms with Crippen molar-refractivity contribution in [2.75, 3.05) is 13.1 Å². The van der Waals surface area contributed by atoms with Crippen LogP contribution in [0.2, 0.25) is 0 Å². The molecule has 3 heterocycles. The summed E-state index contributed by atoms with van der Waals surface area (Å²) in [5, 5.41) is 62.9. The maximum atomic E-state index is 13.9. The number of ether oxygens (including phenoxy) is 5. The van der Waals surface area contributed by atoms with Crippen LogP contribution in [0.5, 0.6) is 0 Å². The van der Waals surface area contributed by atoms with Crippen LogP contribution >= 0.6 is 0 Å². The molecule has 56 heavy (non-hydrogen) atoms. The summed E-state index contributed by atoms with van der Waals surface area (Å²) >= 11 is 0. The van der Waals surface area contributed by atoms with Crippen molar-refractivity contribution in [2.45, 2.75) is 172 Å². The van der Waals surface area contributed by atoms with Crippen LogP contribution in [0.4, 0.5) is 0 Å². The molecule has 4 saturated carbocycles. The summed E-state index contributed by atoms with van der Waals surface area (Å²) in [6, 6.07) is -0.309. The maximum Gasteiger partial charge on any atom is 0.338 e. The smallest absolute Gasteiger partial charge is 0.338 e. The molecule has 0 radical (unpaired) electrons. The molecule has 7 rings (SSSR count). The molecule has 0 aromatic heterocycles. The second kappa shape index (κ2) is 13.6. The number of aliphatic hydroxyl groups is 5. The Morgan fingerprint density at radius 1 is 0.929 bits per heavy atom. The third kappa shape index (κ3) is 5.60. The second-order valence-corrected chi connectivity index (χ2v) is 19.2. The number of rotatable bonds is 8. The molecule has 7 aliphatic rings. The highest BCUT2D eigenvalue weighted by atomic mass is 16.7. The fourth-order valence-electron chi connectivity index (χ4n) is 13.1. The molecule has 316 valence electrons. The molecule has 5 N–H and O–H groups in total. The average molecular weight is 794 g/mol. The van der Waals surface area contributed by atoms with Gasteiger partial charge in [0.25, 0.3) is 0 Å². The lowest BCUT2D eigenvalue weighted by Gasteiger charge is -2.64. The van der Waals surface area contributed by atoms with Crippen molar-refractivity contribution in [3.05, 3.63) is 0 Å². The molecule has 0 amide bonds. The third-order valence-electron chi connectivity index (χ3n) is 16.0. The number of aliphatic hydroxyl groups excluding tert-OH is 1. The Morgan fingerprint density at radius 2 is 1.55 bits per heavy atom. The standard InChI is InChI=1S/C41H63NO14/c1-10-20(4)34(46)55-33-28(45)27-23(18-42-17-19(3)12-13-25(42)38(27,9)49)24-16-39-32(40(24,33)50)30(53-22(6)44)29(52-21(5)43)31-36(39,7)15-14-26(41(31,51)56-39)54-35(47)37(8,48)11-2/h19-20,23-33,45,48-51H,10-18H2,1-9H3/t19-,20+,23-,24?,25-,26-,27+,28+,29-,30+,31-,32+,33-,36-,37?,38+,39-,40-,41-/m0/s1. The van der Waals surface area contributed by atoms with Crippen LogP contribution in [0.1, 0.15) is 107 Å². The molecule has 15 heteroatoms. The van der Waals surface area contributed by atoms with Gasteiger partial charge >= 0.3 is 23.9 Å². The zero-order valence-corrected chi connectivity index (χ0v) is 34.2. The van der Waals surface area contributed by atoms with Gasteiger partial charge in [0.1, 0.15) is 17.8 Å². The highest BCUT2D eigenvalue weighted by Crippen LogP contribution is 2.78. The highest BCUT2D eigenvalue weighted by Gasteiger charge is 2.90. The molecule has 1 spiro atoms. The van der Waals surface area contributed by atoms with Gasteiger partial charge in [-0.1, -0.05) is 34.6 Å². The Hall–Kier alpha value is -2.40. The summed E-state index contributed by atoms with van der Waals surface area (Å²) in [5.41, 5.74) is -8.37. The molecule has 19 atom stereocenters. The minimum Gasteiger partial charge on any atom is -0.458 e. The van der Waals surface area contributed by atoms with Crippen molar-refractivity contribution in [2.24, 2.45) is 46.8 Å². The maximum absolute atomic E-state index is 13.9. The molecule has 4 bridgehead atoms. The molecule has 3 saturated heterocycles. The van der Waals surface area contributed by atoms with Crippen LogP contribution in [-0.2, 0) is 42.9 Å². The van der Waals surface area contributed by atoms with E-state index in [1.165, 1.54) is 20.8 Å². The number of piperidine rings is 2. The largest absolute Gasteiger partial charge is 0.458 e. The first kappa shape index (κ1) is 41.7. The summed E-state index contributed by atoms with van der Waals surface area (Å²) in [6.45, 7) is 15.5. The van der Waals surface area contributed by atoms with Gasteiger partial charge in [0.15, 0.2) is 17.8 Å². The van der Waals surface area contributed by atoms with E-state index in [2.05, 4.69) is 11.8 Å². The quantitative estimate of drug-likeness (QED) is 0.174. The molecular formula is C41H63NO14. The van der Waals surface area contributed by atoms with Gasteiger partial charge in [-0.25, -0.2) is 4.79 Å². The Bertz CT molecular complexity index is 1620. The monoisotopic (exact) mass is 793 g/mol. The predicted molar refractivity (Wildman–Crippen MR) is 195 cm³/mol. The van der Waals surface area contributed by atoms with Gasteiger partial charge in [0.2, 0.25) is 5.79 Å². The molecule has 3 aliphatic heterocycles. The molecule has 4 aliphatic carbocycles. The molecule has 2 unspecified atom stereocenters. The van der Waals surface area contributed by atoms with Gasteiger partial charge in [0.05, 0.1) is 35.1 Å². The number of esters is 4. The van der Waals surface area contributed by atoms with Gasteiger partial charge in [-0.2, -0.15) is 0 Å². The summed E-state index contributed by atoms with van der Waals surface area (Å²) in [5.74, 6) is -10.8. The van der Waals surface area contributed by atoms with E-state index in [0.717, 1.165) is 6.42 Å². The van der Waals surface area contributed by atoms with Crippen molar-refractivity contribution in [3.8, 4) is 0 Å². The zero-order valence-electron chi connectivity index (χ0n) is 34.2. The van der Waals surface area contributed by atoms with E-state index < -0.39 is 124 Å². The Kier molecular flexibility index (Phi) is 10.1. The van der Waals surface area contributed by atoms with Crippen molar-refractivity contribution in [1.82, 2.24) is 4.90 Å². The zero-order chi connectivity index (χ0) is 41.3. The van der Waals surface area contributed by atoms with E-state index in [1.54, 1.807) is 20.8 Å². The molecule has 15 nitrogen and oxygen atoms in total. The minimum atomic E-state index is -2.38. The van der Waals surface area contributed by atoms with E-state index in [-0.39, 0.29) is 31.7 Å². The number of fused-ring (bicyclic) bond motifs is 5. The highest BCUT2D eigenvalue weighted by molar-refractivity contribution is 5.79. The van der Waals surface area contributed by atoms with E-state index in [1.807, 2.05) is 13.8 Å². The first-order chi connectivity index (χ1) is 26.0. The Morgan fingerprint density at radius 3 is 2.14 bits per heavy atom. The van der Waals surface area contributed by atoms with Crippen LogP contribution < -0.4 is 0 Å². The average Bonchev–Trinajstić information content (AvgIpc) is 3.40. The minimum absolute atomic E-state index is 0.0107. The third-order valence-corrected chi connectivity index (χ3v) is 16.0. The van der Waals surface area contributed by atoms with Crippen LogP contribution in [0.3, 0.4) is 0 Å². The lowest BCUT2D eigenvalue weighted by atomic mass is 9.48. The topological polar surface area (TPSA) is 219 Å². The number of nitrogens with zero attached hydrogens (tertiary/aromatic N) is 1. The van der Waals surface area contributed by atoms with Crippen molar-refractivity contribution >= 4 is 23.9 Å². The summed E-state index contributed by atoms with van der Waals surface area (Å²) in [7, 11) is 0. The Labute approximate surface area is 328 Å². The van der Waals surface area contributed by atoms with Crippen LogP contribution in [0.25, 0.3) is 0 Å². The van der Waals surface area contributed by atoms with Gasteiger partial charge in [-0.05, 0) is 76.5 Å². The molecule has 7 fully saturated rings. The number of carbonyl (C=O) groups is 4. The summed E-state index contributed by atoms with van der Waals surface area (Å²) in [4.78, 5) is 55.6. The van der Waals surface area contributed by atoms with E-state index in [0.29, 0.717) is 31.8 Å². The fraction of sp³-hybridized carbons (Fsp3) is 0.902. The van der Waals surface area contributed by atoms with Gasteiger partial charge in [0, 0.05) is 44.3 Å². The summed E-state index contributed by atoms with van der Waals surface area (Å²) in [6.07, 6.45) is -5.31. The van der Waals surface area contributed by atoms with Crippen molar-refractivity contribution in [3.63, 3.8) is 0 Å². The Balaban J connectivity index is 1.45. The van der Waals surface area contributed by atoms with Crippen LogP contribution in [-0.4, -0.2) is 132 Å². The SMILES string of the molecule is CC[C@@H](C)C(=O)O[C@H]1[C@H](O)[C@H]2[C@@H](CN3C[C@@H](C)CC[C@H]3[C@@]2(C)O)C2C[C@@]34O[C@@]5(O)[C@@H](OC(=O)C(C)(O)CC)CC[C@@]3(C)[C@@H]5[C@@H](OC(C)=O)[C@@H](OC(C)=O)[C@H]4[C@@]21O. The number of hydrogen-bond donors (Lipinski definition) is 5. The van der Waals surface area contributed by atoms with Gasteiger partial charge in [-0.3, -0.25) is 19.3 Å². The number of carbonyl (C=O) groups excluding carboxylic acids is 4. The van der Waals surface area contributed by atoms with E-state index in [4.69, 9.17) is 23.7 Å². The van der Waals surface area contributed by atoms with Gasteiger partial charge < -0.3 is 49.2 Å². The first-order valence-electron chi connectivity index (χ1n) is 20.7. The lowest BCUT2D eigenvalue weighted by Crippen LogP contribution is -2.78. The molecular weight excluding hydrogens is 730 g/mol. The van der Waals surface area contributed by atoms with Crippen LogP contribution in [0.15, 0.2) is 0 Å². The lowest BCUT2D eigenvalue weighted by molar-refractivity contribution is -0.301. The normalized spacial score (nSPS) is 50.5. The molecule has 0 aromatic rings. The molecule has 0 aromatic carbocycles. The van der Waals surface area contributed by atoms with Crippen LogP contribution in [0, 0.1) is 46.8 Å².